The van der Waals surface area contributed by atoms with Gasteiger partial charge in [0.1, 0.15) is 11.6 Å². The van der Waals surface area contributed by atoms with Crippen LogP contribution in [-0.4, -0.2) is 76.3 Å². The van der Waals surface area contributed by atoms with Crippen molar-refractivity contribution in [2.75, 3.05) is 45.1 Å². The summed E-state index contributed by atoms with van der Waals surface area (Å²) >= 11 is 0. The number of aryl methyl sites for hydroxylation is 1. The van der Waals surface area contributed by atoms with Crippen molar-refractivity contribution in [2.24, 2.45) is 0 Å². The highest BCUT2D eigenvalue weighted by molar-refractivity contribution is 5.38. The van der Waals surface area contributed by atoms with Gasteiger partial charge in [0.2, 0.25) is 0 Å². The number of piperazine rings is 1. The van der Waals surface area contributed by atoms with Gasteiger partial charge in [-0.3, -0.25) is 4.90 Å². The number of aliphatic hydroxyl groups is 1. The molecule has 0 radical (unpaired) electrons. The van der Waals surface area contributed by atoms with Gasteiger partial charge in [-0.15, -0.1) is 0 Å². The molecular formula is C20H33N5O. The molecule has 2 heterocycles. The van der Waals surface area contributed by atoms with Crippen LogP contribution in [0.1, 0.15) is 56.0 Å². The Bertz CT molecular complexity index is 617. The molecule has 144 valence electrons. The molecular weight excluding hydrogens is 326 g/mol. The second-order valence-electron chi connectivity index (χ2n) is 8.62. The van der Waals surface area contributed by atoms with E-state index in [0.717, 1.165) is 36.7 Å². The van der Waals surface area contributed by atoms with Crippen LogP contribution in [0.3, 0.4) is 0 Å². The minimum atomic E-state index is -0.148. The first-order valence-corrected chi connectivity index (χ1v) is 10.3. The predicted octanol–water partition coefficient (Wildman–Crippen LogP) is 2.00. The molecule has 2 aliphatic carbocycles. The number of anilines is 1. The molecule has 1 aromatic heterocycles. The third-order valence-corrected chi connectivity index (χ3v) is 6.70. The monoisotopic (exact) mass is 359 g/mol. The number of hydrogen-bond acceptors (Lipinski definition) is 6. The first kappa shape index (κ1) is 18.1. The van der Waals surface area contributed by atoms with Crippen molar-refractivity contribution >= 4 is 5.82 Å². The van der Waals surface area contributed by atoms with Crippen molar-refractivity contribution in [3.05, 3.63) is 17.6 Å². The summed E-state index contributed by atoms with van der Waals surface area (Å²) in [6.07, 6.45) is 6.77. The highest BCUT2D eigenvalue weighted by atomic mass is 16.3. The van der Waals surface area contributed by atoms with Crippen molar-refractivity contribution in [3.8, 4) is 0 Å². The van der Waals surface area contributed by atoms with E-state index in [4.69, 9.17) is 0 Å². The van der Waals surface area contributed by atoms with E-state index >= 15 is 0 Å². The molecule has 3 fully saturated rings. The van der Waals surface area contributed by atoms with Crippen molar-refractivity contribution in [2.45, 2.75) is 63.0 Å². The number of hydrogen-bond donors (Lipinski definition) is 2. The lowest BCUT2D eigenvalue weighted by Gasteiger charge is -2.45. The maximum Gasteiger partial charge on any atom is 0.129 e. The summed E-state index contributed by atoms with van der Waals surface area (Å²) in [6, 6.07) is 2.11. The number of nitrogens with one attached hydrogen (secondary N) is 1. The molecule has 1 aromatic rings. The average Bonchev–Trinajstić information content (AvgIpc) is 3.07. The highest BCUT2D eigenvalue weighted by Gasteiger charge is 2.40. The standard InChI is InChI=1S/C20H33N5O/c1-15-22-18(16-11-17(26)12-16)13-19(23-15)21-14-20(5-3-4-6-20)25-9-7-24(2)8-10-25/h13,16-17,26H,3-12,14H2,1-2H3,(H,21,22,23). The van der Waals surface area contributed by atoms with E-state index in [2.05, 4.69) is 38.2 Å². The zero-order chi connectivity index (χ0) is 18.1. The molecule has 0 amide bonds. The normalized spacial score (nSPS) is 29.5. The third kappa shape index (κ3) is 3.73. The van der Waals surface area contributed by atoms with Gasteiger partial charge in [0, 0.05) is 55.9 Å². The Morgan fingerprint density at radius 3 is 2.50 bits per heavy atom. The molecule has 2 N–H and O–H groups in total. The zero-order valence-corrected chi connectivity index (χ0v) is 16.2. The van der Waals surface area contributed by atoms with E-state index in [0.29, 0.717) is 5.92 Å². The summed E-state index contributed by atoms with van der Waals surface area (Å²) in [5.74, 6) is 2.17. The number of likely N-dealkylation sites (N-methyl/N-ethyl adjacent to an activating group) is 1. The van der Waals surface area contributed by atoms with Crippen LogP contribution in [-0.2, 0) is 0 Å². The van der Waals surface area contributed by atoms with Crippen molar-refractivity contribution < 1.29 is 5.11 Å². The van der Waals surface area contributed by atoms with Crippen molar-refractivity contribution in [1.82, 2.24) is 19.8 Å². The van der Waals surface area contributed by atoms with E-state index in [1.54, 1.807) is 0 Å². The van der Waals surface area contributed by atoms with E-state index in [1.165, 1.54) is 51.9 Å². The molecule has 0 spiro atoms. The minimum absolute atomic E-state index is 0.148. The fourth-order valence-electron chi connectivity index (χ4n) is 4.89. The molecule has 2 saturated carbocycles. The lowest BCUT2D eigenvalue weighted by molar-refractivity contribution is 0.0510. The quantitative estimate of drug-likeness (QED) is 0.838. The molecule has 0 atom stereocenters. The summed E-state index contributed by atoms with van der Waals surface area (Å²) in [6.45, 7) is 7.62. The first-order chi connectivity index (χ1) is 12.5. The van der Waals surface area contributed by atoms with Gasteiger partial charge in [-0.2, -0.15) is 0 Å². The minimum Gasteiger partial charge on any atom is -0.393 e. The summed E-state index contributed by atoms with van der Waals surface area (Å²) in [4.78, 5) is 14.4. The fraction of sp³-hybridized carbons (Fsp3) is 0.800. The van der Waals surface area contributed by atoms with E-state index in [-0.39, 0.29) is 11.6 Å². The van der Waals surface area contributed by atoms with E-state index < -0.39 is 0 Å². The van der Waals surface area contributed by atoms with Gasteiger partial charge in [0.15, 0.2) is 0 Å². The Morgan fingerprint density at radius 2 is 1.85 bits per heavy atom. The van der Waals surface area contributed by atoms with Gasteiger partial charge in [0.25, 0.3) is 0 Å². The average molecular weight is 360 g/mol. The van der Waals surface area contributed by atoms with Crippen LogP contribution in [0.5, 0.6) is 0 Å². The van der Waals surface area contributed by atoms with Gasteiger partial charge in [-0.25, -0.2) is 9.97 Å². The van der Waals surface area contributed by atoms with Crippen molar-refractivity contribution in [3.63, 3.8) is 0 Å². The SMILES string of the molecule is Cc1nc(NCC2(N3CCN(C)CC3)CCCC2)cc(C2CC(O)C2)n1. The molecule has 0 aromatic carbocycles. The Morgan fingerprint density at radius 1 is 1.15 bits per heavy atom. The maximum absolute atomic E-state index is 9.59. The molecule has 3 aliphatic rings. The fourth-order valence-corrected chi connectivity index (χ4v) is 4.89. The van der Waals surface area contributed by atoms with Gasteiger partial charge in [0.05, 0.1) is 6.10 Å². The molecule has 1 saturated heterocycles. The second kappa shape index (κ2) is 7.41. The summed E-state index contributed by atoms with van der Waals surface area (Å²) in [5.41, 5.74) is 1.37. The van der Waals surface area contributed by atoms with Gasteiger partial charge in [-0.1, -0.05) is 12.8 Å². The summed E-state index contributed by atoms with van der Waals surface area (Å²) in [5, 5.41) is 13.3. The second-order valence-corrected chi connectivity index (χ2v) is 8.62. The van der Waals surface area contributed by atoms with Crippen LogP contribution in [0.2, 0.25) is 0 Å². The Kier molecular flexibility index (Phi) is 5.17. The Balaban J connectivity index is 1.44. The van der Waals surface area contributed by atoms with E-state index in [1.807, 2.05) is 6.92 Å². The molecule has 6 heteroatoms. The van der Waals surface area contributed by atoms with Gasteiger partial charge < -0.3 is 15.3 Å². The van der Waals surface area contributed by atoms with Crippen molar-refractivity contribution in [1.29, 1.82) is 0 Å². The maximum atomic E-state index is 9.59. The van der Waals surface area contributed by atoms with Gasteiger partial charge >= 0.3 is 0 Å². The Labute approximate surface area is 157 Å². The Hall–Kier alpha value is -1.24. The molecule has 6 nitrogen and oxygen atoms in total. The summed E-state index contributed by atoms with van der Waals surface area (Å²) in [7, 11) is 2.22. The molecule has 1 aliphatic heterocycles. The van der Waals surface area contributed by atoms with E-state index in [9.17, 15) is 5.11 Å². The largest absolute Gasteiger partial charge is 0.393 e. The van der Waals surface area contributed by atoms with Crippen LogP contribution < -0.4 is 5.32 Å². The van der Waals surface area contributed by atoms with Crippen LogP contribution in [0.25, 0.3) is 0 Å². The third-order valence-electron chi connectivity index (χ3n) is 6.70. The molecule has 4 rings (SSSR count). The van der Waals surface area contributed by atoms with Gasteiger partial charge in [-0.05, 0) is 39.7 Å². The molecule has 26 heavy (non-hydrogen) atoms. The topological polar surface area (TPSA) is 64.5 Å². The zero-order valence-electron chi connectivity index (χ0n) is 16.2. The first-order valence-electron chi connectivity index (χ1n) is 10.3. The molecule has 0 bridgehead atoms. The van der Waals surface area contributed by atoms with Crippen LogP contribution in [0.15, 0.2) is 6.07 Å². The smallest absolute Gasteiger partial charge is 0.129 e. The van der Waals surface area contributed by atoms with Crippen LogP contribution >= 0.6 is 0 Å². The number of aliphatic hydroxyl groups excluding tert-OH is 1. The predicted molar refractivity (Wildman–Crippen MR) is 104 cm³/mol. The number of nitrogens with zero attached hydrogens (tertiary/aromatic N) is 4. The lowest BCUT2D eigenvalue weighted by atomic mass is 9.80. The van der Waals surface area contributed by atoms with Crippen LogP contribution in [0, 0.1) is 6.92 Å². The summed E-state index contributed by atoms with van der Waals surface area (Å²) < 4.78 is 0. The highest BCUT2D eigenvalue weighted by Crippen LogP contribution is 2.38. The molecule has 0 unspecified atom stereocenters. The number of aromatic nitrogens is 2. The van der Waals surface area contributed by atoms with Crippen LogP contribution in [0.4, 0.5) is 5.82 Å². The lowest BCUT2D eigenvalue weighted by Crippen LogP contribution is -2.58. The number of rotatable bonds is 5.